The second kappa shape index (κ2) is 4.37. The minimum Gasteiger partial charge on any atom is -0.397 e. The van der Waals surface area contributed by atoms with Gasteiger partial charge in [-0.1, -0.05) is 0 Å². The van der Waals surface area contributed by atoms with Crippen molar-refractivity contribution in [3.63, 3.8) is 0 Å². The molecular formula is C12H15N3O. The summed E-state index contributed by atoms with van der Waals surface area (Å²) in [6.45, 7) is 2.21. The molecule has 0 saturated heterocycles. The highest BCUT2D eigenvalue weighted by Gasteiger charge is 2.05. The number of nitrogens with zero attached hydrogens (tertiary/aromatic N) is 1. The van der Waals surface area contributed by atoms with Gasteiger partial charge in [0.2, 0.25) is 0 Å². The fourth-order valence-corrected chi connectivity index (χ4v) is 1.59. The van der Waals surface area contributed by atoms with Gasteiger partial charge in [0.15, 0.2) is 0 Å². The second-order valence-electron chi connectivity index (χ2n) is 3.83. The number of aromatic nitrogens is 1. The fourth-order valence-electron chi connectivity index (χ4n) is 1.59. The Morgan fingerprint density at radius 1 is 1.44 bits per heavy atom. The number of hydrogen-bond donors (Lipinski definition) is 3. The molecule has 0 amide bonds. The van der Waals surface area contributed by atoms with Crippen molar-refractivity contribution in [2.24, 2.45) is 0 Å². The maximum atomic E-state index is 9.20. The van der Waals surface area contributed by atoms with E-state index in [0.717, 1.165) is 16.6 Å². The molecule has 0 fully saturated rings. The Morgan fingerprint density at radius 2 is 2.25 bits per heavy atom. The van der Waals surface area contributed by atoms with Crippen LogP contribution in [0.3, 0.4) is 0 Å². The summed E-state index contributed by atoms with van der Waals surface area (Å²) < 4.78 is 0. The Bertz CT molecular complexity index is 497. The van der Waals surface area contributed by atoms with E-state index in [9.17, 15) is 5.11 Å². The number of aliphatic hydroxyl groups excluding tert-OH is 1. The van der Waals surface area contributed by atoms with Gasteiger partial charge in [-0.15, -0.1) is 0 Å². The Balaban J connectivity index is 2.37. The quantitative estimate of drug-likeness (QED) is 0.683. The molecule has 0 aliphatic rings. The standard InChI is InChI=1S/C12H15N3O/c1-8(16)7-15-11-5-4-10-9(12(11)13)3-2-6-14-10/h2-6,8,15-16H,7,13H2,1H3. The monoisotopic (exact) mass is 217 g/mol. The number of rotatable bonds is 3. The molecule has 4 heteroatoms. The predicted molar refractivity (Wildman–Crippen MR) is 66.3 cm³/mol. The van der Waals surface area contributed by atoms with E-state index in [2.05, 4.69) is 10.3 Å². The lowest BCUT2D eigenvalue weighted by Crippen LogP contribution is -2.16. The second-order valence-corrected chi connectivity index (χ2v) is 3.83. The summed E-state index contributed by atoms with van der Waals surface area (Å²) in [6.07, 6.45) is 1.34. The van der Waals surface area contributed by atoms with Crippen molar-refractivity contribution in [2.75, 3.05) is 17.6 Å². The predicted octanol–water partition coefficient (Wildman–Crippen LogP) is 1.61. The van der Waals surface area contributed by atoms with E-state index < -0.39 is 6.10 Å². The number of nitrogens with two attached hydrogens (primary N) is 1. The van der Waals surface area contributed by atoms with E-state index in [-0.39, 0.29) is 0 Å². The molecule has 16 heavy (non-hydrogen) atoms. The molecule has 2 rings (SSSR count). The summed E-state index contributed by atoms with van der Waals surface area (Å²) in [4.78, 5) is 4.22. The van der Waals surface area contributed by atoms with E-state index in [1.165, 1.54) is 0 Å². The van der Waals surface area contributed by atoms with Gasteiger partial charge in [0.1, 0.15) is 0 Å². The fraction of sp³-hybridized carbons (Fsp3) is 0.250. The molecule has 4 N–H and O–H groups in total. The summed E-state index contributed by atoms with van der Waals surface area (Å²) in [6, 6.07) is 7.59. The molecule has 0 saturated carbocycles. The average Bonchev–Trinajstić information content (AvgIpc) is 2.28. The summed E-state index contributed by atoms with van der Waals surface area (Å²) in [5.41, 5.74) is 8.41. The highest BCUT2D eigenvalue weighted by atomic mass is 16.3. The summed E-state index contributed by atoms with van der Waals surface area (Å²) in [7, 11) is 0. The van der Waals surface area contributed by atoms with E-state index in [0.29, 0.717) is 12.2 Å². The molecule has 2 aromatic rings. The van der Waals surface area contributed by atoms with Gasteiger partial charge in [0, 0.05) is 18.1 Å². The maximum absolute atomic E-state index is 9.20. The topological polar surface area (TPSA) is 71.2 Å². The first kappa shape index (κ1) is 10.7. The zero-order valence-corrected chi connectivity index (χ0v) is 9.14. The van der Waals surface area contributed by atoms with Crippen molar-refractivity contribution in [1.29, 1.82) is 0 Å². The number of fused-ring (bicyclic) bond motifs is 1. The van der Waals surface area contributed by atoms with Crippen molar-refractivity contribution in [1.82, 2.24) is 4.98 Å². The lowest BCUT2D eigenvalue weighted by Gasteiger charge is -2.12. The molecule has 0 aliphatic heterocycles. The number of aliphatic hydroxyl groups is 1. The molecule has 1 aromatic carbocycles. The number of nitrogen functional groups attached to an aromatic ring is 1. The number of pyridine rings is 1. The molecule has 0 bridgehead atoms. The molecule has 4 nitrogen and oxygen atoms in total. The van der Waals surface area contributed by atoms with Gasteiger partial charge in [-0.3, -0.25) is 4.98 Å². The average molecular weight is 217 g/mol. The van der Waals surface area contributed by atoms with Crippen LogP contribution < -0.4 is 11.1 Å². The van der Waals surface area contributed by atoms with Gasteiger partial charge in [0.05, 0.1) is 23.0 Å². The van der Waals surface area contributed by atoms with Crippen LogP contribution in [0.1, 0.15) is 6.92 Å². The molecule has 0 spiro atoms. The van der Waals surface area contributed by atoms with Crippen molar-refractivity contribution in [3.8, 4) is 0 Å². The van der Waals surface area contributed by atoms with Crippen molar-refractivity contribution < 1.29 is 5.11 Å². The highest BCUT2D eigenvalue weighted by Crippen LogP contribution is 2.27. The number of nitrogens with one attached hydrogen (secondary N) is 1. The lowest BCUT2D eigenvalue weighted by atomic mass is 10.1. The third-order valence-electron chi connectivity index (χ3n) is 2.41. The number of anilines is 2. The van der Waals surface area contributed by atoms with Crippen LogP contribution >= 0.6 is 0 Å². The van der Waals surface area contributed by atoms with Crippen LogP contribution in [0.25, 0.3) is 10.9 Å². The van der Waals surface area contributed by atoms with Gasteiger partial charge in [-0.2, -0.15) is 0 Å². The molecule has 84 valence electrons. The smallest absolute Gasteiger partial charge is 0.0724 e. The van der Waals surface area contributed by atoms with Crippen molar-refractivity contribution in [3.05, 3.63) is 30.5 Å². The number of benzene rings is 1. The van der Waals surface area contributed by atoms with Gasteiger partial charge in [-0.25, -0.2) is 0 Å². The minimum absolute atomic E-state index is 0.399. The third kappa shape index (κ3) is 2.06. The molecule has 1 aromatic heterocycles. The summed E-state index contributed by atoms with van der Waals surface area (Å²) >= 11 is 0. The molecule has 0 aliphatic carbocycles. The Labute approximate surface area is 94.1 Å². The Hall–Kier alpha value is -1.81. The summed E-state index contributed by atoms with van der Waals surface area (Å²) in [5.74, 6) is 0. The largest absolute Gasteiger partial charge is 0.397 e. The van der Waals surface area contributed by atoms with E-state index in [4.69, 9.17) is 5.73 Å². The molecule has 1 atom stereocenters. The van der Waals surface area contributed by atoms with E-state index >= 15 is 0 Å². The molecule has 1 heterocycles. The Kier molecular flexibility index (Phi) is 2.92. The first-order chi connectivity index (χ1) is 7.68. The van der Waals surface area contributed by atoms with Crippen LogP contribution in [0.5, 0.6) is 0 Å². The van der Waals surface area contributed by atoms with Crippen LogP contribution in [0.4, 0.5) is 11.4 Å². The lowest BCUT2D eigenvalue weighted by molar-refractivity contribution is 0.208. The molecular weight excluding hydrogens is 202 g/mol. The zero-order valence-electron chi connectivity index (χ0n) is 9.14. The molecule has 1 unspecified atom stereocenters. The zero-order chi connectivity index (χ0) is 11.5. The van der Waals surface area contributed by atoms with Crippen LogP contribution in [0.15, 0.2) is 30.5 Å². The summed E-state index contributed by atoms with van der Waals surface area (Å²) in [5, 5.41) is 13.2. The number of hydrogen-bond acceptors (Lipinski definition) is 4. The maximum Gasteiger partial charge on any atom is 0.0724 e. The first-order valence-corrected chi connectivity index (χ1v) is 5.23. The van der Waals surface area contributed by atoms with E-state index in [1.807, 2.05) is 24.3 Å². The highest BCUT2D eigenvalue weighted by molar-refractivity contribution is 5.96. The Morgan fingerprint density at radius 3 is 3.00 bits per heavy atom. The van der Waals surface area contributed by atoms with Crippen LogP contribution in [-0.4, -0.2) is 22.7 Å². The molecule has 0 radical (unpaired) electrons. The van der Waals surface area contributed by atoms with Gasteiger partial charge in [0.25, 0.3) is 0 Å². The van der Waals surface area contributed by atoms with Crippen LogP contribution in [0, 0.1) is 0 Å². The normalized spacial score (nSPS) is 12.6. The SMILES string of the molecule is CC(O)CNc1ccc2ncccc2c1N. The first-order valence-electron chi connectivity index (χ1n) is 5.23. The van der Waals surface area contributed by atoms with Crippen LogP contribution in [-0.2, 0) is 0 Å². The van der Waals surface area contributed by atoms with Gasteiger partial charge in [-0.05, 0) is 31.2 Å². The third-order valence-corrected chi connectivity index (χ3v) is 2.41. The van der Waals surface area contributed by atoms with Gasteiger partial charge >= 0.3 is 0 Å². The van der Waals surface area contributed by atoms with Crippen molar-refractivity contribution >= 4 is 22.3 Å². The van der Waals surface area contributed by atoms with Crippen molar-refractivity contribution in [2.45, 2.75) is 13.0 Å². The minimum atomic E-state index is -0.399. The van der Waals surface area contributed by atoms with Gasteiger partial charge < -0.3 is 16.2 Å². The van der Waals surface area contributed by atoms with E-state index in [1.54, 1.807) is 13.1 Å². The van der Waals surface area contributed by atoms with Crippen LogP contribution in [0.2, 0.25) is 0 Å².